The van der Waals surface area contributed by atoms with E-state index < -0.39 is 0 Å². The van der Waals surface area contributed by atoms with Gasteiger partial charge < -0.3 is 5.73 Å². The summed E-state index contributed by atoms with van der Waals surface area (Å²) < 4.78 is 0. The number of unbranched alkanes of at least 4 members (excludes halogenated alkanes) is 1. The van der Waals surface area contributed by atoms with E-state index in [9.17, 15) is 0 Å². The van der Waals surface area contributed by atoms with Crippen LogP contribution >= 0.6 is 0 Å². The fraction of sp³-hybridized carbons (Fsp3) is 0.333. The average molecular weight is 213 g/mol. The first kappa shape index (κ1) is 11.2. The highest BCUT2D eigenvalue weighted by molar-refractivity contribution is 5.83. The molecule has 16 heavy (non-hydrogen) atoms. The van der Waals surface area contributed by atoms with Crippen molar-refractivity contribution in [1.82, 2.24) is 0 Å². The van der Waals surface area contributed by atoms with Crippen molar-refractivity contribution >= 4 is 10.8 Å². The van der Waals surface area contributed by atoms with E-state index >= 15 is 0 Å². The molecule has 0 aliphatic heterocycles. The number of benzene rings is 2. The third-order valence-corrected chi connectivity index (χ3v) is 3.07. The van der Waals surface area contributed by atoms with Gasteiger partial charge in [-0.1, -0.05) is 56.2 Å². The van der Waals surface area contributed by atoms with Gasteiger partial charge in [0.05, 0.1) is 0 Å². The van der Waals surface area contributed by atoms with Gasteiger partial charge in [0.2, 0.25) is 0 Å². The molecule has 0 unspecified atom stereocenters. The first-order valence-electron chi connectivity index (χ1n) is 6.05. The molecule has 0 amide bonds. The van der Waals surface area contributed by atoms with Gasteiger partial charge in [-0.2, -0.15) is 0 Å². The van der Waals surface area contributed by atoms with Crippen LogP contribution in [0.1, 0.15) is 37.8 Å². The van der Waals surface area contributed by atoms with Crippen molar-refractivity contribution in [1.29, 1.82) is 0 Å². The number of nitrogens with two attached hydrogens (primary N) is 1. The van der Waals surface area contributed by atoms with Crippen LogP contribution in [0.25, 0.3) is 10.8 Å². The summed E-state index contributed by atoms with van der Waals surface area (Å²) in [7, 11) is 0. The van der Waals surface area contributed by atoms with Crippen molar-refractivity contribution < 1.29 is 0 Å². The summed E-state index contributed by atoms with van der Waals surface area (Å²) in [6.07, 6.45) is 3.49. The molecular weight excluding hydrogens is 194 g/mol. The minimum atomic E-state index is 0.185. The molecule has 0 bridgehead atoms. The fourth-order valence-electron chi connectivity index (χ4n) is 2.03. The summed E-state index contributed by atoms with van der Waals surface area (Å²) in [6, 6.07) is 15.1. The first-order chi connectivity index (χ1) is 7.81. The number of hydrogen-bond acceptors (Lipinski definition) is 1. The van der Waals surface area contributed by atoms with Crippen LogP contribution in [0.4, 0.5) is 0 Å². The van der Waals surface area contributed by atoms with Gasteiger partial charge in [-0.25, -0.2) is 0 Å². The molecule has 1 heteroatoms. The zero-order chi connectivity index (χ0) is 11.4. The van der Waals surface area contributed by atoms with E-state index in [1.807, 2.05) is 0 Å². The number of fused-ring (bicyclic) bond motifs is 1. The molecule has 2 rings (SSSR count). The van der Waals surface area contributed by atoms with Crippen molar-refractivity contribution in [2.24, 2.45) is 5.73 Å². The molecule has 1 nitrogen and oxygen atoms in total. The van der Waals surface area contributed by atoms with Gasteiger partial charge in [0.25, 0.3) is 0 Å². The standard InChI is InChI=1S/C15H19N/c1-2-3-8-15(16)14-10-9-12-6-4-5-7-13(12)11-14/h4-7,9-11,15H,2-3,8,16H2,1H3/t15-/m1/s1. The van der Waals surface area contributed by atoms with Gasteiger partial charge in [-0.3, -0.25) is 0 Å². The third kappa shape index (κ3) is 2.42. The molecule has 0 radical (unpaired) electrons. The van der Waals surface area contributed by atoms with Gasteiger partial charge in [-0.05, 0) is 28.8 Å². The summed E-state index contributed by atoms with van der Waals surface area (Å²) in [6.45, 7) is 2.20. The average Bonchev–Trinajstić information content (AvgIpc) is 2.35. The predicted octanol–water partition coefficient (Wildman–Crippen LogP) is 4.03. The summed E-state index contributed by atoms with van der Waals surface area (Å²) in [5.74, 6) is 0. The maximum absolute atomic E-state index is 6.17. The van der Waals surface area contributed by atoms with Crippen molar-refractivity contribution in [3.8, 4) is 0 Å². The Kier molecular flexibility index (Phi) is 3.58. The summed E-state index contributed by atoms with van der Waals surface area (Å²) in [4.78, 5) is 0. The van der Waals surface area contributed by atoms with Gasteiger partial charge in [0.15, 0.2) is 0 Å². The largest absolute Gasteiger partial charge is 0.324 e. The molecule has 1 atom stereocenters. The third-order valence-electron chi connectivity index (χ3n) is 3.07. The molecule has 84 valence electrons. The molecule has 0 aliphatic rings. The van der Waals surface area contributed by atoms with Crippen LogP contribution in [0.2, 0.25) is 0 Å². The summed E-state index contributed by atoms with van der Waals surface area (Å²) in [5.41, 5.74) is 7.43. The van der Waals surface area contributed by atoms with E-state index in [1.165, 1.54) is 29.2 Å². The minimum absolute atomic E-state index is 0.185. The molecule has 0 saturated carbocycles. The van der Waals surface area contributed by atoms with Crippen LogP contribution < -0.4 is 5.73 Å². The van der Waals surface area contributed by atoms with E-state index in [2.05, 4.69) is 49.4 Å². The fourth-order valence-corrected chi connectivity index (χ4v) is 2.03. The van der Waals surface area contributed by atoms with Crippen LogP contribution in [-0.4, -0.2) is 0 Å². The van der Waals surface area contributed by atoms with E-state index in [4.69, 9.17) is 5.73 Å². The van der Waals surface area contributed by atoms with Gasteiger partial charge in [0, 0.05) is 6.04 Å². The van der Waals surface area contributed by atoms with Gasteiger partial charge in [0.1, 0.15) is 0 Å². The Labute approximate surface area is 97.3 Å². The lowest BCUT2D eigenvalue weighted by Gasteiger charge is -2.12. The van der Waals surface area contributed by atoms with Crippen molar-refractivity contribution in [3.63, 3.8) is 0 Å². The van der Waals surface area contributed by atoms with Gasteiger partial charge in [-0.15, -0.1) is 0 Å². The lowest BCUT2D eigenvalue weighted by molar-refractivity contribution is 0.604. The monoisotopic (exact) mass is 213 g/mol. The zero-order valence-electron chi connectivity index (χ0n) is 9.82. The molecule has 0 spiro atoms. The Balaban J connectivity index is 2.25. The highest BCUT2D eigenvalue weighted by atomic mass is 14.6. The molecule has 0 aromatic heterocycles. The van der Waals surface area contributed by atoms with E-state index in [1.54, 1.807) is 0 Å². The maximum atomic E-state index is 6.17. The van der Waals surface area contributed by atoms with Crippen molar-refractivity contribution in [2.75, 3.05) is 0 Å². The zero-order valence-corrected chi connectivity index (χ0v) is 9.82. The normalized spacial score (nSPS) is 12.9. The Morgan fingerprint density at radius 3 is 2.56 bits per heavy atom. The number of hydrogen-bond donors (Lipinski definition) is 1. The van der Waals surface area contributed by atoms with E-state index in [0.717, 1.165) is 6.42 Å². The van der Waals surface area contributed by atoms with E-state index in [-0.39, 0.29) is 6.04 Å². The molecule has 2 aromatic rings. The summed E-state index contributed by atoms with van der Waals surface area (Å²) in [5, 5.41) is 2.57. The van der Waals surface area contributed by atoms with Crippen LogP contribution in [0.5, 0.6) is 0 Å². The minimum Gasteiger partial charge on any atom is -0.324 e. The second kappa shape index (κ2) is 5.13. The number of rotatable bonds is 4. The first-order valence-corrected chi connectivity index (χ1v) is 6.05. The molecular formula is C15H19N. The highest BCUT2D eigenvalue weighted by Crippen LogP contribution is 2.22. The smallest absolute Gasteiger partial charge is 0.0295 e. The van der Waals surface area contributed by atoms with E-state index in [0.29, 0.717) is 0 Å². The lowest BCUT2D eigenvalue weighted by Crippen LogP contribution is -2.09. The van der Waals surface area contributed by atoms with Crippen LogP contribution in [0, 0.1) is 0 Å². The SMILES string of the molecule is CCCC[C@@H](N)c1ccc2ccccc2c1. The maximum Gasteiger partial charge on any atom is 0.0295 e. The topological polar surface area (TPSA) is 26.0 Å². The lowest BCUT2D eigenvalue weighted by atomic mass is 9.99. The molecule has 0 fully saturated rings. The van der Waals surface area contributed by atoms with Crippen molar-refractivity contribution in [2.45, 2.75) is 32.2 Å². The molecule has 0 saturated heterocycles. The van der Waals surface area contributed by atoms with Crippen molar-refractivity contribution in [3.05, 3.63) is 48.0 Å². The quantitative estimate of drug-likeness (QED) is 0.815. The Bertz CT molecular complexity index is 462. The highest BCUT2D eigenvalue weighted by Gasteiger charge is 2.05. The Morgan fingerprint density at radius 1 is 1.06 bits per heavy atom. The van der Waals surface area contributed by atoms with Crippen LogP contribution in [0.15, 0.2) is 42.5 Å². The molecule has 2 N–H and O–H groups in total. The second-order valence-electron chi connectivity index (χ2n) is 4.36. The Morgan fingerprint density at radius 2 is 1.81 bits per heavy atom. The Hall–Kier alpha value is -1.34. The molecule has 0 heterocycles. The second-order valence-corrected chi connectivity index (χ2v) is 4.36. The molecule has 2 aromatic carbocycles. The van der Waals surface area contributed by atoms with Crippen LogP contribution in [0.3, 0.4) is 0 Å². The predicted molar refractivity (Wildman–Crippen MR) is 70.4 cm³/mol. The summed E-state index contributed by atoms with van der Waals surface area (Å²) >= 11 is 0. The molecule has 0 aliphatic carbocycles. The van der Waals surface area contributed by atoms with Crippen LogP contribution in [-0.2, 0) is 0 Å². The van der Waals surface area contributed by atoms with Gasteiger partial charge >= 0.3 is 0 Å².